The number of likely N-dealkylation sites (tertiary alicyclic amines) is 1. The number of aromatic amines is 1. The second-order valence-corrected chi connectivity index (χ2v) is 7.60. The van der Waals surface area contributed by atoms with E-state index in [9.17, 15) is 9.18 Å². The molecule has 0 unspecified atom stereocenters. The van der Waals surface area contributed by atoms with Crippen LogP contribution in [0.5, 0.6) is 0 Å². The molecule has 3 aromatic rings. The van der Waals surface area contributed by atoms with Crippen LogP contribution < -0.4 is 5.32 Å². The van der Waals surface area contributed by atoms with E-state index in [-0.39, 0.29) is 23.6 Å². The van der Waals surface area contributed by atoms with E-state index >= 15 is 0 Å². The quantitative estimate of drug-likeness (QED) is 0.651. The Morgan fingerprint density at radius 1 is 1.27 bits per heavy atom. The number of hydrogen-bond donors (Lipinski definition) is 2. The first kappa shape index (κ1) is 20.0. The van der Waals surface area contributed by atoms with Crippen molar-refractivity contribution in [1.29, 1.82) is 0 Å². The lowest BCUT2D eigenvalue weighted by atomic mass is 10.0. The Morgan fingerprint density at radius 3 is 2.80 bits per heavy atom. The molecule has 0 saturated carbocycles. The van der Waals surface area contributed by atoms with Crippen molar-refractivity contribution in [3.63, 3.8) is 0 Å². The predicted octanol–water partition coefficient (Wildman–Crippen LogP) is 3.59. The molecule has 4 rings (SSSR count). The van der Waals surface area contributed by atoms with Crippen molar-refractivity contribution >= 4 is 11.7 Å². The van der Waals surface area contributed by atoms with Crippen LogP contribution in [0.3, 0.4) is 0 Å². The number of aryl methyl sites for hydroxylation is 1. The third-order valence-electron chi connectivity index (χ3n) is 5.61. The molecule has 156 valence electrons. The molecule has 1 fully saturated rings. The predicted molar refractivity (Wildman–Crippen MR) is 112 cm³/mol. The molecule has 2 N–H and O–H groups in total. The van der Waals surface area contributed by atoms with E-state index in [0.717, 1.165) is 41.6 Å². The highest BCUT2D eigenvalue weighted by molar-refractivity contribution is 5.91. The van der Waals surface area contributed by atoms with Gasteiger partial charge in [-0.15, -0.1) is 0 Å². The number of benzene rings is 1. The third-order valence-corrected chi connectivity index (χ3v) is 5.61. The average Bonchev–Trinajstić information content (AvgIpc) is 3.43. The number of rotatable bonds is 6. The number of hydrogen-bond acceptors (Lipinski definition) is 5. The van der Waals surface area contributed by atoms with Crippen molar-refractivity contribution in [2.24, 2.45) is 0 Å². The molecule has 0 radical (unpaired) electrons. The lowest BCUT2D eigenvalue weighted by molar-refractivity contribution is 0.0723. The molecule has 7 nitrogen and oxygen atoms in total. The Bertz CT molecular complexity index is 1020. The smallest absolute Gasteiger partial charge is 0.292 e. The third kappa shape index (κ3) is 4.17. The van der Waals surface area contributed by atoms with E-state index in [1.165, 1.54) is 12.1 Å². The van der Waals surface area contributed by atoms with Crippen molar-refractivity contribution in [3.8, 4) is 0 Å². The highest BCUT2D eigenvalue weighted by Crippen LogP contribution is 2.33. The molecule has 1 amide bonds. The Labute approximate surface area is 174 Å². The summed E-state index contributed by atoms with van der Waals surface area (Å²) in [6.45, 7) is 5.14. The summed E-state index contributed by atoms with van der Waals surface area (Å²) in [5.74, 6) is 0.394. The summed E-state index contributed by atoms with van der Waals surface area (Å²) >= 11 is 0. The highest BCUT2D eigenvalue weighted by Gasteiger charge is 2.32. The summed E-state index contributed by atoms with van der Waals surface area (Å²) in [5, 5.41) is 10.1. The van der Waals surface area contributed by atoms with E-state index in [2.05, 4.69) is 25.5 Å². The van der Waals surface area contributed by atoms with Crippen molar-refractivity contribution < 1.29 is 9.18 Å². The number of halogens is 1. The topological polar surface area (TPSA) is 86.8 Å². The van der Waals surface area contributed by atoms with Gasteiger partial charge in [-0.2, -0.15) is 5.10 Å². The lowest BCUT2D eigenvalue weighted by Gasteiger charge is -2.25. The molecule has 8 heteroatoms. The van der Waals surface area contributed by atoms with E-state index in [1.54, 1.807) is 23.2 Å². The lowest BCUT2D eigenvalue weighted by Crippen LogP contribution is -2.32. The first-order chi connectivity index (χ1) is 14.5. The summed E-state index contributed by atoms with van der Waals surface area (Å²) in [6.07, 6.45) is 6.18. The van der Waals surface area contributed by atoms with Gasteiger partial charge in [-0.1, -0.05) is 12.1 Å². The van der Waals surface area contributed by atoms with Gasteiger partial charge in [-0.25, -0.2) is 14.4 Å². The van der Waals surface area contributed by atoms with E-state index in [4.69, 9.17) is 0 Å². The van der Waals surface area contributed by atoms with E-state index < -0.39 is 0 Å². The van der Waals surface area contributed by atoms with Gasteiger partial charge < -0.3 is 10.2 Å². The fourth-order valence-electron chi connectivity index (χ4n) is 3.81. The second kappa shape index (κ2) is 8.61. The van der Waals surface area contributed by atoms with Crippen LogP contribution >= 0.6 is 0 Å². The van der Waals surface area contributed by atoms with Gasteiger partial charge in [0.2, 0.25) is 5.82 Å². The molecule has 1 aromatic carbocycles. The monoisotopic (exact) mass is 408 g/mol. The molecule has 3 heterocycles. The summed E-state index contributed by atoms with van der Waals surface area (Å²) in [4.78, 5) is 24.1. The zero-order valence-corrected chi connectivity index (χ0v) is 17.2. The molecule has 0 bridgehead atoms. The van der Waals surface area contributed by atoms with Crippen molar-refractivity contribution in [1.82, 2.24) is 25.1 Å². The number of anilines is 1. The average molecular weight is 408 g/mol. The van der Waals surface area contributed by atoms with Crippen LogP contribution in [0.2, 0.25) is 0 Å². The van der Waals surface area contributed by atoms with Gasteiger partial charge in [0.05, 0.1) is 12.2 Å². The normalized spacial score (nSPS) is 16.1. The molecular formula is C22H25FN6O. The van der Waals surface area contributed by atoms with Crippen LogP contribution in [-0.2, 0) is 6.42 Å². The van der Waals surface area contributed by atoms with Gasteiger partial charge >= 0.3 is 0 Å². The minimum Gasteiger partial charge on any atom is -0.369 e. The van der Waals surface area contributed by atoms with Gasteiger partial charge in [0.15, 0.2) is 0 Å². The minimum atomic E-state index is -0.279. The molecular weight excluding hydrogens is 383 g/mol. The van der Waals surface area contributed by atoms with E-state index in [0.29, 0.717) is 18.9 Å². The first-order valence-corrected chi connectivity index (χ1v) is 10.2. The molecule has 1 aliphatic rings. The molecule has 30 heavy (non-hydrogen) atoms. The standard InChI is InChI=1S/C22H25FN6O/c1-14-15(2)27-21(28-20(14)24-10-9-16-12-25-26-13-16)22(30)29-11-3-4-19(29)17-5-7-18(23)8-6-17/h5-8,12-13,19H,3-4,9-11H2,1-2H3,(H,25,26)(H,24,27,28)/t19-/m1/s1. The Kier molecular flexibility index (Phi) is 5.74. The van der Waals surface area contributed by atoms with E-state index in [1.807, 2.05) is 20.0 Å². The van der Waals surface area contributed by atoms with Crippen LogP contribution in [0.1, 0.15) is 51.9 Å². The number of carbonyl (C=O) groups excluding carboxylic acids is 1. The second-order valence-electron chi connectivity index (χ2n) is 7.60. The number of carbonyl (C=O) groups is 1. The van der Waals surface area contributed by atoms with Crippen LogP contribution in [0.4, 0.5) is 10.2 Å². The van der Waals surface area contributed by atoms with Gasteiger partial charge in [0.25, 0.3) is 5.91 Å². The fraction of sp³-hybridized carbons (Fsp3) is 0.364. The van der Waals surface area contributed by atoms with Gasteiger partial charge in [-0.05, 0) is 56.4 Å². The number of aromatic nitrogens is 4. The fourth-order valence-corrected chi connectivity index (χ4v) is 3.81. The molecule has 1 saturated heterocycles. The minimum absolute atomic E-state index is 0.0826. The van der Waals surface area contributed by atoms with Gasteiger partial charge in [0.1, 0.15) is 11.6 Å². The molecule has 1 aliphatic heterocycles. The summed E-state index contributed by atoms with van der Waals surface area (Å²) in [6, 6.07) is 6.28. The van der Waals surface area contributed by atoms with Crippen LogP contribution in [0.25, 0.3) is 0 Å². The Hall–Kier alpha value is -3.29. The summed E-state index contributed by atoms with van der Waals surface area (Å²) < 4.78 is 13.3. The summed E-state index contributed by atoms with van der Waals surface area (Å²) in [5.41, 5.74) is 3.73. The Morgan fingerprint density at radius 2 is 2.07 bits per heavy atom. The van der Waals surface area contributed by atoms with Gasteiger partial charge in [0, 0.05) is 30.5 Å². The van der Waals surface area contributed by atoms with Crippen molar-refractivity contribution in [2.45, 2.75) is 39.2 Å². The molecule has 0 aliphatic carbocycles. The molecule has 2 aromatic heterocycles. The zero-order chi connectivity index (χ0) is 21.1. The largest absolute Gasteiger partial charge is 0.369 e. The van der Waals surface area contributed by atoms with Crippen LogP contribution in [-0.4, -0.2) is 44.1 Å². The van der Waals surface area contributed by atoms with Gasteiger partial charge in [-0.3, -0.25) is 9.89 Å². The number of H-pyrrole nitrogens is 1. The number of nitrogens with zero attached hydrogens (tertiary/aromatic N) is 4. The number of amides is 1. The zero-order valence-electron chi connectivity index (χ0n) is 17.2. The van der Waals surface area contributed by atoms with Crippen molar-refractivity contribution in [2.75, 3.05) is 18.4 Å². The van der Waals surface area contributed by atoms with Crippen LogP contribution in [0.15, 0.2) is 36.7 Å². The maximum Gasteiger partial charge on any atom is 0.292 e. The highest BCUT2D eigenvalue weighted by atomic mass is 19.1. The Balaban J connectivity index is 1.52. The first-order valence-electron chi connectivity index (χ1n) is 10.2. The maximum absolute atomic E-state index is 13.3. The molecule has 0 spiro atoms. The molecule has 1 atom stereocenters. The maximum atomic E-state index is 13.3. The van der Waals surface area contributed by atoms with Crippen molar-refractivity contribution in [3.05, 3.63) is 70.7 Å². The SMILES string of the molecule is Cc1nc(C(=O)N2CCC[C@@H]2c2ccc(F)cc2)nc(NCCc2cn[nH]c2)c1C. The summed E-state index contributed by atoms with van der Waals surface area (Å²) in [7, 11) is 0. The number of nitrogens with one attached hydrogen (secondary N) is 2. The van der Waals surface area contributed by atoms with Crippen LogP contribution in [0, 0.1) is 19.7 Å².